The van der Waals surface area contributed by atoms with Crippen LogP contribution in [0.25, 0.3) is 0 Å². The molecule has 1 aromatic rings. The number of aryl methyl sites for hydroxylation is 1. The van der Waals surface area contributed by atoms with Gasteiger partial charge in [-0.1, -0.05) is 12.1 Å². The zero-order valence-electron chi connectivity index (χ0n) is 9.65. The van der Waals surface area contributed by atoms with Crippen LogP contribution in [0.1, 0.15) is 18.4 Å². The summed E-state index contributed by atoms with van der Waals surface area (Å²) in [6.45, 7) is 1.93. The molecule has 6 heteroatoms. The quantitative estimate of drug-likeness (QED) is 0.790. The SMILES string of the molecule is Cc1cccc(OCCCCS(N)(=O)=O)c1F. The summed E-state index contributed by atoms with van der Waals surface area (Å²) >= 11 is 0. The average molecular weight is 261 g/mol. The first kappa shape index (κ1) is 13.9. The second-order valence-electron chi connectivity index (χ2n) is 3.81. The highest BCUT2D eigenvalue weighted by atomic mass is 32.2. The number of nitrogens with two attached hydrogens (primary N) is 1. The van der Waals surface area contributed by atoms with Crippen LogP contribution in [-0.2, 0) is 10.0 Å². The van der Waals surface area contributed by atoms with Crippen LogP contribution in [0.5, 0.6) is 5.75 Å². The van der Waals surface area contributed by atoms with Crippen LogP contribution in [0.3, 0.4) is 0 Å². The van der Waals surface area contributed by atoms with Crippen molar-refractivity contribution in [3.05, 3.63) is 29.6 Å². The first-order valence-electron chi connectivity index (χ1n) is 5.28. The zero-order chi connectivity index (χ0) is 12.9. The fourth-order valence-corrected chi connectivity index (χ4v) is 1.93. The molecule has 0 aliphatic heterocycles. The van der Waals surface area contributed by atoms with Gasteiger partial charge in [0, 0.05) is 0 Å². The highest BCUT2D eigenvalue weighted by Gasteiger charge is 2.06. The molecule has 0 heterocycles. The van der Waals surface area contributed by atoms with E-state index >= 15 is 0 Å². The summed E-state index contributed by atoms with van der Waals surface area (Å²) in [5, 5.41) is 4.84. The van der Waals surface area contributed by atoms with Gasteiger partial charge in [-0.25, -0.2) is 17.9 Å². The van der Waals surface area contributed by atoms with Crippen LogP contribution < -0.4 is 9.88 Å². The smallest absolute Gasteiger partial charge is 0.209 e. The highest BCUT2D eigenvalue weighted by molar-refractivity contribution is 7.89. The summed E-state index contributed by atoms with van der Waals surface area (Å²) in [7, 11) is -3.41. The van der Waals surface area contributed by atoms with E-state index in [2.05, 4.69) is 0 Å². The molecule has 0 aliphatic rings. The third-order valence-electron chi connectivity index (χ3n) is 2.24. The molecule has 4 nitrogen and oxygen atoms in total. The highest BCUT2D eigenvalue weighted by Crippen LogP contribution is 2.19. The van der Waals surface area contributed by atoms with E-state index in [4.69, 9.17) is 9.88 Å². The Labute approximate surface area is 101 Å². The number of hydrogen-bond acceptors (Lipinski definition) is 3. The van der Waals surface area contributed by atoms with Crippen molar-refractivity contribution in [1.82, 2.24) is 0 Å². The molecule has 0 aliphatic carbocycles. The Balaban J connectivity index is 2.34. The van der Waals surface area contributed by atoms with E-state index in [1.807, 2.05) is 0 Å². The Morgan fingerprint density at radius 2 is 2.06 bits per heavy atom. The molecular weight excluding hydrogens is 245 g/mol. The van der Waals surface area contributed by atoms with Crippen molar-refractivity contribution in [2.45, 2.75) is 19.8 Å². The van der Waals surface area contributed by atoms with Crippen molar-refractivity contribution in [1.29, 1.82) is 0 Å². The van der Waals surface area contributed by atoms with Crippen molar-refractivity contribution in [3.63, 3.8) is 0 Å². The topological polar surface area (TPSA) is 69.4 Å². The van der Waals surface area contributed by atoms with E-state index in [1.54, 1.807) is 25.1 Å². The largest absolute Gasteiger partial charge is 0.491 e. The predicted octanol–water partition coefficient (Wildman–Crippen LogP) is 1.58. The monoisotopic (exact) mass is 261 g/mol. The molecule has 0 spiro atoms. The summed E-state index contributed by atoms with van der Waals surface area (Å²) in [4.78, 5) is 0. The first-order valence-corrected chi connectivity index (χ1v) is 7.00. The lowest BCUT2D eigenvalue weighted by Crippen LogP contribution is -2.16. The number of hydrogen-bond donors (Lipinski definition) is 1. The number of sulfonamides is 1. The van der Waals surface area contributed by atoms with Gasteiger partial charge < -0.3 is 4.74 Å². The summed E-state index contributed by atoms with van der Waals surface area (Å²) in [5.41, 5.74) is 0.520. The van der Waals surface area contributed by atoms with Crippen LogP contribution >= 0.6 is 0 Å². The van der Waals surface area contributed by atoms with Gasteiger partial charge in [0.25, 0.3) is 0 Å². The molecule has 2 N–H and O–H groups in total. The Morgan fingerprint density at radius 3 is 2.71 bits per heavy atom. The maximum absolute atomic E-state index is 13.5. The minimum Gasteiger partial charge on any atom is -0.491 e. The van der Waals surface area contributed by atoms with Gasteiger partial charge in [0.15, 0.2) is 11.6 Å². The summed E-state index contributed by atoms with van der Waals surface area (Å²) < 4.78 is 40.0. The van der Waals surface area contributed by atoms with Crippen LogP contribution in [0.15, 0.2) is 18.2 Å². The number of rotatable bonds is 6. The molecule has 0 radical (unpaired) electrons. The third-order valence-corrected chi connectivity index (χ3v) is 3.09. The molecule has 1 rings (SSSR count). The fourth-order valence-electron chi connectivity index (χ4n) is 1.32. The van der Waals surface area contributed by atoms with Crippen LogP contribution in [0.4, 0.5) is 4.39 Å². The Bertz CT molecular complexity index is 474. The van der Waals surface area contributed by atoms with Gasteiger partial charge in [0.2, 0.25) is 10.0 Å². The normalized spacial score (nSPS) is 11.5. The molecule has 0 bridgehead atoms. The van der Waals surface area contributed by atoms with Crippen molar-refractivity contribution in [2.75, 3.05) is 12.4 Å². The maximum atomic E-state index is 13.5. The van der Waals surface area contributed by atoms with Crippen LogP contribution in [-0.4, -0.2) is 20.8 Å². The summed E-state index contributed by atoms with van der Waals surface area (Å²) in [6, 6.07) is 4.91. The first-order chi connectivity index (χ1) is 7.90. The van der Waals surface area contributed by atoms with Gasteiger partial charge in [0.05, 0.1) is 12.4 Å². The van der Waals surface area contributed by atoms with E-state index in [0.717, 1.165) is 0 Å². The average Bonchev–Trinajstić information content (AvgIpc) is 2.22. The lowest BCUT2D eigenvalue weighted by atomic mass is 10.2. The fraction of sp³-hybridized carbons (Fsp3) is 0.455. The van der Waals surface area contributed by atoms with Gasteiger partial charge in [-0.15, -0.1) is 0 Å². The van der Waals surface area contributed by atoms with Gasteiger partial charge in [-0.3, -0.25) is 0 Å². The van der Waals surface area contributed by atoms with Crippen molar-refractivity contribution in [2.24, 2.45) is 5.14 Å². The van der Waals surface area contributed by atoms with Crippen molar-refractivity contribution >= 4 is 10.0 Å². The molecule has 96 valence electrons. The molecule has 0 fully saturated rings. The molecule has 1 aromatic carbocycles. The standard InChI is InChI=1S/C11H16FNO3S/c1-9-5-4-6-10(11(9)12)16-7-2-3-8-17(13,14)15/h4-6H,2-3,7-8H2,1H3,(H2,13,14,15). The molecule has 17 heavy (non-hydrogen) atoms. The molecule has 0 atom stereocenters. The molecule has 0 aromatic heterocycles. The van der Waals surface area contributed by atoms with Crippen molar-refractivity contribution < 1.29 is 17.5 Å². The lowest BCUT2D eigenvalue weighted by molar-refractivity contribution is 0.293. The van der Waals surface area contributed by atoms with E-state index in [1.165, 1.54) is 0 Å². The lowest BCUT2D eigenvalue weighted by Gasteiger charge is -2.08. The third kappa shape index (κ3) is 5.14. The summed E-state index contributed by atoms with van der Waals surface area (Å²) in [5.74, 6) is -0.258. The number of ether oxygens (including phenoxy) is 1. The Kier molecular flexibility index (Phi) is 4.89. The molecule has 0 saturated carbocycles. The number of benzene rings is 1. The minimum absolute atomic E-state index is 0.0767. The minimum atomic E-state index is -3.41. The van der Waals surface area contributed by atoms with Crippen LogP contribution in [0.2, 0.25) is 0 Å². The maximum Gasteiger partial charge on any atom is 0.209 e. The summed E-state index contributed by atoms with van der Waals surface area (Å²) in [6.07, 6.45) is 0.927. The molecule has 0 amide bonds. The Morgan fingerprint density at radius 1 is 1.35 bits per heavy atom. The molecular formula is C11H16FNO3S. The second-order valence-corrected chi connectivity index (χ2v) is 5.54. The van der Waals surface area contributed by atoms with E-state index in [0.29, 0.717) is 18.4 Å². The van der Waals surface area contributed by atoms with Gasteiger partial charge >= 0.3 is 0 Å². The Hall–Kier alpha value is -1.14. The van der Waals surface area contributed by atoms with Gasteiger partial charge in [0.1, 0.15) is 0 Å². The number of unbranched alkanes of at least 4 members (excludes halogenated alkanes) is 1. The predicted molar refractivity (Wildman–Crippen MR) is 63.8 cm³/mol. The number of primary sulfonamides is 1. The molecule has 0 unspecified atom stereocenters. The van der Waals surface area contributed by atoms with E-state index in [9.17, 15) is 12.8 Å². The van der Waals surface area contributed by atoms with Gasteiger partial charge in [-0.05, 0) is 31.4 Å². The second kappa shape index (κ2) is 5.97. The van der Waals surface area contributed by atoms with Crippen molar-refractivity contribution in [3.8, 4) is 5.75 Å². The van der Waals surface area contributed by atoms with Crippen LogP contribution in [0, 0.1) is 12.7 Å². The van der Waals surface area contributed by atoms with E-state index in [-0.39, 0.29) is 23.9 Å². The number of halogens is 1. The van der Waals surface area contributed by atoms with Gasteiger partial charge in [-0.2, -0.15) is 0 Å². The van der Waals surface area contributed by atoms with E-state index < -0.39 is 10.0 Å². The molecule has 0 saturated heterocycles. The zero-order valence-corrected chi connectivity index (χ0v) is 10.5.